The van der Waals surface area contributed by atoms with Gasteiger partial charge in [0.1, 0.15) is 0 Å². The van der Waals surface area contributed by atoms with E-state index in [9.17, 15) is 13.2 Å². The molecule has 0 saturated carbocycles. The number of nitrogens with one attached hydrogen (secondary N) is 1. The molecule has 0 aliphatic carbocycles. The van der Waals surface area contributed by atoms with E-state index in [0.29, 0.717) is 18.2 Å². The number of rotatable bonds is 4. The van der Waals surface area contributed by atoms with Crippen LogP contribution in [-0.4, -0.2) is 30.6 Å². The van der Waals surface area contributed by atoms with Gasteiger partial charge in [-0.2, -0.15) is 13.2 Å². The van der Waals surface area contributed by atoms with Crippen molar-refractivity contribution in [1.82, 2.24) is 10.2 Å². The Morgan fingerprint density at radius 3 is 2.26 bits per heavy atom. The minimum Gasteiger partial charge on any atom is -0.317 e. The van der Waals surface area contributed by atoms with E-state index in [1.807, 2.05) is 0 Å². The smallest absolute Gasteiger partial charge is 0.317 e. The average Bonchev–Trinajstić information content (AvgIpc) is 2.45. The highest BCUT2D eigenvalue weighted by Gasteiger charge is 2.34. The molecule has 1 heterocycles. The Kier molecular flexibility index (Phi) is 5.74. The van der Waals surface area contributed by atoms with Crippen LogP contribution in [0.3, 0.4) is 0 Å². The zero-order chi connectivity index (χ0) is 17.1. The number of piperidine rings is 1. The Morgan fingerprint density at radius 1 is 1.09 bits per heavy atom. The van der Waals surface area contributed by atoms with Gasteiger partial charge in [-0.1, -0.05) is 39.0 Å². The third-order valence-corrected chi connectivity index (χ3v) is 4.20. The lowest BCUT2D eigenvalue weighted by molar-refractivity contribution is -0.138. The maximum Gasteiger partial charge on any atom is 0.416 e. The Bertz CT molecular complexity index is 500. The van der Waals surface area contributed by atoms with Crippen LogP contribution in [0.25, 0.3) is 0 Å². The summed E-state index contributed by atoms with van der Waals surface area (Å²) in [5.41, 5.74) is -0.0754. The predicted octanol–water partition coefficient (Wildman–Crippen LogP) is 4.31. The van der Waals surface area contributed by atoms with Crippen molar-refractivity contribution < 1.29 is 13.2 Å². The molecule has 130 valence electrons. The third kappa shape index (κ3) is 5.50. The molecule has 0 unspecified atom stereocenters. The van der Waals surface area contributed by atoms with Crippen molar-refractivity contribution in [2.75, 3.05) is 19.6 Å². The summed E-state index contributed by atoms with van der Waals surface area (Å²) in [6.45, 7) is 9.43. The fourth-order valence-corrected chi connectivity index (χ4v) is 3.25. The van der Waals surface area contributed by atoms with E-state index in [-0.39, 0.29) is 5.41 Å². The van der Waals surface area contributed by atoms with Gasteiger partial charge in [-0.05, 0) is 43.0 Å². The number of nitrogens with zero attached hydrogens (tertiary/aromatic N) is 1. The molecular weight excluding hydrogens is 301 g/mol. The summed E-state index contributed by atoms with van der Waals surface area (Å²) in [5.74, 6) is 0. The molecule has 1 fully saturated rings. The van der Waals surface area contributed by atoms with Gasteiger partial charge < -0.3 is 5.32 Å². The maximum atomic E-state index is 13.3. The zero-order valence-electron chi connectivity index (χ0n) is 14.2. The minimum atomic E-state index is -4.29. The first-order valence-corrected chi connectivity index (χ1v) is 8.27. The van der Waals surface area contributed by atoms with Crippen molar-refractivity contribution >= 4 is 0 Å². The van der Waals surface area contributed by atoms with Crippen LogP contribution in [0.15, 0.2) is 24.3 Å². The summed E-state index contributed by atoms with van der Waals surface area (Å²) in [6, 6.07) is 6.30. The van der Waals surface area contributed by atoms with Gasteiger partial charge in [0.25, 0.3) is 0 Å². The number of hydrogen-bond acceptors (Lipinski definition) is 2. The van der Waals surface area contributed by atoms with E-state index >= 15 is 0 Å². The van der Waals surface area contributed by atoms with Crippen LogP contribution >= 0.6 is 0 Å². The fourth-order valence-electron chi connectivity index (χ4n) is 3.25. The largest absolute Gasteiger partial charge is 0.416 e. The normalized spacial score (nSPS) is 17.7. The van der Waals surface area contributed by atoms with Crippen molar-refractivity contribution in [1.29, 1.82) is 0 Å². The van der Waals surface area contributed by atoms with Crippen molar-refractivity contribution in [3.8, 4) is 0 Å². The topological polar surface area (TPSA) is 15.3 Å². The molecule has 1 aliphatic rings. The summed E-state index contributed by atoms with van der Waals surface area (Å²) in [5, 5.41) is 3.33. The Balaban J connectivity index is 2.23. The molecule has 0 amide bonds. The Hall–Kier alpha value is -1.07. The van der Waals surface area contributed by atoms with Crippen LogP contribution in [0.5, 0.6) is 0 Å². The lowest BCUT2D eigenvalue weighted by Crippen LogP contribution is -2.46. The molecule has 2 rings (SSSR count). The summed E-state index contributed by atoms with van der Waals surface area (Å²) in [7, 11) is 0. The summed E-state index contributed by atoms with van der Waals surface area (Å²) in [4.78, 5) is 2.24. The lowest BCUT2D eigenvalue weighted by atomic mass is 9.92. The standard InChI is InChI=1S/C18H27F3N2/c1-17(2,3)13-23(15-8-10-22-11-9-15)12-14-6-4-5-7-16(14)18(19,20)21/h4-7,15,22H,8-13H2,1-3H3. The van der Waals surface area contributed by atoms with Crippen LogP contribution in [-0.2, 0) is 12.7 Å². The van der Waals surface area contributed by atoms with Crippen LogP contribution in [0.1, 0.15) is 44.7 Å². The van der Waals surface area contributed by atoms with Gasteiger partial charge >= 0.3 is 6.18 Å². The highest BCUT2D eigenvalue weighted by Crippen LogP contribution is 2.33. The molecule has 23 heavy (non-hydrogen) atoms. The number of alkyl halides is 3. The second-order valence-electron chi connectivity index (χ2n) is 7.60. The van der Waals surface area contributed by atoms with Crippen LogP contribution < -0.4 is 5.32 Å². The lowest BCUT2D eigenvalue weighted by Gasteiger charge is -2.39. The SMILES string of the molecule is CC(C)(C)CN(Cc1ccccc1C(F)(F)F)C1CCNCC1. The molecule has 1 aromatic carbocycles. The van der Waals surface area contributed by atoms with Crippen molar-refractivity contribution in [2.45, 2.75) is 52.4 Å². The predicted molar refractivity (Wildman–Crippen MR) is 87.2 cm³/mol. The highest BCUT2D eigenvalue weighted by atomic mass is 19.4. The molecule has 0 atom stereocenters. The molecule has 0 bridgehead atoms. The zero-order valence-corrected chi connectivity index (χ0v) is 14.2. The molecule has 1 aromatic rings. The van der Waals surface area contributed by atoms with Crippen molar-refractivity contribution in [2.24, 2.45) is 5.41 Å². The summed E-state index contributed by atoms with van der Waals surface area (Å²) < 4.78 is 39.8. The number of benzene rings is 1. The number of hydrogen-bond donors (Lipinski definition) is 1. The number of halogens is 3. The molecular formula is C18H27F3N2. The molecule has 0 radical (unpaired) electrons. The van der Waals surface area contributed by atoms with Gasteiger partial charge in [-0.15, -0.1) is 0 Å². The molecule has 0 spiro atoms. The third-order valence-electron chi connectivity index (χ3n) is 4.20. The average molecular weight is 328 g/mol. The van der Waals surface area contributed by atoms with Crippen LogP contribution in [0.2, 0.25) is 0 Å². The van der Waals surface area contributed by atoms with Crippen molar-refractivity contribution in [3.05, 3.63) is 35.4 Å². The summed E-state index contributed by atoms with van der Waals surface area (Å²) in [6.07, 6.45) is -2.31. The first-order valence-electron chi connectivity index (χ1n) is 8.27. The monoisotopic (exact) mass is 328 g/mol. The van der Waals surface area contributed by atoms with E-state index in [4.69, 9.17) is 0 Å². The minimum absolute atomic E-state index is 0.0536. The molecule has 1 saturated heterocycles. The first-order chi connectivity index (χ1) is 10.7. The second-order valence-corrected chi connectivity index (χ2v) is 7.60. The van der Waals surface area contributed by atoms with Gasteiger partial charge in [-0.3, -0.25) is 4.90 Å². The van der Waals surface area contributed by atoms with Crippen LogP contribution in [0, 0.1) is 5.41 Å². The first kappa shape index (κ1) is 18.3. The summed E-state index contributed by atoms with van der Waals surface area (Å²) >= 11 is 0. The van der Waals surface area contributed by atoms with Gasteiger partial charge in [0.15, 0.2) is 0 Å². The molecule has 1 aliphatic heterocycles. The van der Waals surface area contributed by atoms with E-state index in [2.05, 4.69) is 31.0 Å². The second kappa shape index (κ2) is 7.22. The maximum absolute atomic E-state index is 13.3. The Morgan fingerprint density at radius 2 is 1.70 bits per heavy atom. The highest BCUT2D eigenvalue weighted by molar-refractivity contribution is 5.29. The fraction of sp³-hybridized carbons (Fsp3) is 0.667. The molecule has 2 nitrogen and oxygen atoms in total. The molecule has 5 heteroatoms. The van der Waals surface area contributed by atoms with Gasteiger partial charge in [0.05, 0.1) is 5.56 Å². The van der Waals surface area contributed by atoms with E-state index in [1.165, 1.54) is 12.1 Å². The van der Waals surface area contributed by atoms with E-state index in [0.717, 1.165) is 32.5 Å². The van der Waals surface area contributed by atoms with E-state index in [1.54, 1.807) is 12.1 Å². The quantitative estimate of drug-likeness (QED) is 0.886. The van der Waals surface area contributed by atoms with Crippen LogP contribution in [0.4, 0.5) is 13.2 Å². The van der Waals surface area contributed by atoms with Gasteiger partial charge in [0.2, 0.25) is 0 Å². The molecule has 1 N–H and O–H groups in total. The van der Waals surface area contributed by atoms with Gasteiger partial charge in [-0.25, -0.2) is 0 Å². The van der Waals surface area contributed by atoms with E-state index < -0.39 is 11.7 Å². The Labute approximate surface area is 137 Å². The van der Waals surface area contributed by atoms with Gasteiger partial charge in [0, 0.05) is 19.1 Å². The molecule has 0 aromatic heterocycles. The van der Waals surface area contributed by atoms with Crippen molar-refractivity contribution in [3.63, 3.8) is 0 Å².